The molecule has 0 saturated carbocycles. The second-order valence-electron chi connectivity index (χ2n) is 5.14. The monoisotopic (exact) mass is 376 g/mol. The predicted molar refractivity (Wildman–Crippen MR) is 98.1 cm³/mol. The topological polar surface area (TPSA) is 82.3 Å². The zero-order valence-electron chi connectivity index (χ0n) is 13.4. The molecule has 1 amide bonds. The molecule has 0 aliphatic heterocycles. The first-order valence-electron chi connectivity index (χ1n) is 7.11. The van der Waals surface area contributed by atoms with Gasteiger partial charge in [-0.05, 0) is 48.4 Å². The van der Waals surface area contributed by atoms with Gasteiger partial charge in [-0.2, -0.15) is 5.26 Å². The molecule has 0 aromatic heterocycles. The highest BCUT2D eigenvalue weighted by Gasteiger charge is 2.13. The van der Waals surface area contributed by atoms with E-state index in [4.69, 9.17) is 27.9 Å². The van der Waals surface area contributed by atoms with E-state index in [1.165, 1.54) is 25.3 Å². The number of nitrogens with one attached hydrogen (secondary N) is 1. The van der Waals surface area contributed by atoms with Crippen molar-refractivity contribution in [1.82, 2.24) is 0 Å². The first-order chi connectivity index (χ1) is 11.8. The van der Waals surface area contributed by atoms with Crippen LogP contribution in [-0.2, 0) is 4.79 Å². The van der Waals surface area contributed by atoms with Gasteiger partial charge in [0.15, 0.2) is 11.5 Å². The highest BCUT2D eigenvalue weighted by molar-refractivity contribution is 6.32. The summed E-state index contributed by atoms with van der Waals surface area (Å²) in [5, 5.41) is 22.2. The Hall–Kier alpha value is -2.68. The Morgan fingerprint density at radius 1 is 1.32 bits per heavy atom. The number of carbonyl (C=O) groups is 1. The Morgan fingerprint density at radius 3 is 2.68 bits per heavy atom. The zero-order chi connectivity index (χ0) is 18.6. The molecule has 7 heteroatoms. The molecule has 25 heavy (non-hydrogen) atoms. The fourth-order valence-corrected chi connectivity index (χ4v) is 2.46. The molecule has 0 radical (unpaired) electrons. The van der Waals surface area contributed by atoms with Crippen LogP contribution in [0, 0.1) is 18.3 Å². The lowest BCUT2D eigenvalue weighted by Gasteiger charge is -2.09. The number of methoxy groups -OCH3 is 1. The van der Waals surface area contributed by atoms with Gasteiger partial charge < -0.3 is 15.2 Å². The van der Waals surface area contributed by atoms with Crippen molar-refractivity contribution in [3.63, 3.8) is 0 Å². The molecule has 128 valence electrons. The fourth-order valence-electron chi connectivity index (χ4n) is 2.07. The molecule has 2 aromatic rings. The number of hydrogen-bond acceptors (Lipinski definition) is 4. The highest BCUT2D eigenvalue weighted by atomic mass is 35.5. The first-order valence-corrected chi connectivity index (χ1v) is 7.87. The molecule has 0 fully saturated rings. The summed E-state index contributed by atoms with van der Waals surface area (Å²) in [4.78, 5) is 12.4. The predicted octanol–water partition coefficient (Wildman–Crippen LogP) is 4.56. The third-order valence-corrected chi connectivity index (χ3v) is 3.92. The fraction of sp³-hybridized carbons (Fsp3) is 0.111. The minimum absolute atomic E-state index is 0.0500. The maximum absolute atomic E-state index is 12.4. The van der Waals surface area contributed by atoms with Crippen molar-refractivity contribution in [1.29, 1.82) is 5.26 Å². The van der Waals surface area contributed by atoms with Crippen LogP contribution in [0.25, 0.3) is 6.08 Å². The normalized spacial score (nSPS) is 10.9. The van der Waals surface area contributed by atoms with Crippen LogP contribution in [0.5, 0.6) is 11.5 Å². The molecular formula is C18H14Cl2N2O3. The van der Waals surface area contributed by atoms with E-state index in [0.717, 1.165) is 5.56 Å². The lowest BCUT2D eigenvalue weighted by molar-refractivity contribution is -0.112. The van der Waals surface area contributed by atoms with Gasteiger partial charge in [-0.1, -0.05) is 29.3 Å². The van der Waals surface area contributed by atoms with Gasteiger partial charge in [0.05, 0.1) is 12.1 Å². The molecule has 0 spiro atoms. The molecule has 5 nitrogen and oxygen atoms in total. The van der Waals surface area contributed by atoms with E-state index in [9.17, 15) is 15.2 Å². The quantitative estimate of drug-likeness (QED) is 0.604. The van der Waals surface area contributed by atoms with Crippen LogP contribution < -0.4 is 10.1 Å². The summed E-state index contributed by atoms with van der Waals surface area (Å²) in [6.45, 7) is 1.81. The number of halogens is 2. The van der Waals surface area contributed by atoms with E-state index in [2.05, 4.69) is 5.32 Å². The van der Waals surface area contributed by atoms with E-state index in [-0.39, 0.29) is 22.1 Å². The molecule has 0 saturated heterocycles. The largest absolute Gasteiger partial charge is 0.503 e. The van der Waals surface area contributed by atoms with Gasteiger partial charge in [0, 0.05) is 10.7 Å². The van der Waals surface area contributed by atoms with Crippen LogP contribution >= 0.6 is 23.2 Å². The van der Waals surface area contributed by atoms with E-state index in [0.29, 0.717) is 16.3 Å². The van der Waals surface area contributed by atoms with Crippen molar-refractivity contribution in [2.45, 2.75) is 6.92 Å². The van der Waals surface area contributed by atoms with Crippen LogP contribution in [0.15, 0.2) is 35.9 Å². The number of carbonyl (C=O) groups excluding carboxylic acids is 1. The maximum atomic E-state index is 12.4. The van der Waals surface area contributed by atoms with Gasteiger partial charge in [0.1, 0.15) is 11.6 Å². The van der Waals surface area contributed by atoms with Crippen LogP contribution in [0.1, 0.15) is 11.1 Å². The van der Waals surface area contributed by atoms with Gasteiger partial charge >= 0.3 is 0 Å². The Labute approximate surface area is 155 Å². The summed E-state index contributed by atoms with van der Waals surface area (Å²) in [5.41, 5.74) is 1.63. The molecule has 0 atom stereocenters. The average Bonchev–Trinajstić information content (AvgIpc) is 2.58. The van der Waals surface area contributed by atoms with Crippen molar-refractivity contribution in [3.05, 3.63) is 57.1 Å². The van der Waals surface area contributed by atoms with Gasteiger partial charge in [-0.3, -0.25) is 4.79 Å². The Morgan fingerprint density at radius 2 is 2.04 bits per heavy atom. The van der Waals surface area contributed by atoms with Gasteiger partial charge in [-0.25, -0.2) is 0 Å². The highest BCUT2D eigenvalue weighted by Crippen LogP contribution is 2.35. The first kappa shape index (κ1) is 18.7. The van der Waals surface area contributed by atoms with E-state index >= 15 is 0 Å². The number of nitriles is 1. The number of rotatable bonds is 4. The number of amides is 1. The van der Waals surface area contributed by atoms with E-state index in [1.54, 1.807) is 18.2 Å². The molecule has 0 bridgehead atoms. The summed E-state index contributed by atoms with van der Waals surface area (Å²) in [7, 11) is 1.37. The zero-order valence-corrected chi connectivity index (χ0v) is 14.9. The summed E-state index contributed by atoms with van der Waals surface area (Å²) in [6, 6.07) is 9.81. The lowest BCUT2D eigenvalue weighted by Crippen LogP contribution is -2.14. The summed E-state index contributed by atoms with van der Waals surface area (Å²) in [5.74, 6) is -0.656. The van der Waals surface area contributed by atoms with E-state index < -0.39 is 5.91 Å². The molecule has 0 unspecified atom stereocenters. The number of phenols is 1. The maximum Gasteiger partial charge on any atom is 0.266 e. The van der Waals surface area contributed by atoms with Crippen molar-refractivity contribution in [3.8, 4) is 17.6 Å². The molecule has 0 aliphatic carbocycles. The molecule has 0 heterocycles. The summed E-state index contributed by atoms with van der Waals surface area (Å²) >= 11 is 11.8. The number of ether oxygens (including phenoxy) is 1. The second-order valence-corrected chi connectivity index (χ2v) is 5.98. The Kier molecular flexibility index (Phi) is 5.92. The molecule has 2 rings (SSSR count). The van der Waals surface area contributed by atoms with Crippen molar-refractivity contribution < 1.29 is 14.6 Å². The summed E-state index contributed by atoms with van der Waals surface area (Å²) < 4.78 is 5.00. The second kappa shape index (κ2) is 7.93. The average molecular weight is 377 g/mol. The standard InChI is InChI=1S/C18H14Cl2N2O3/c1-10-3-4-13(19)8-15(10)22-18(24)12(9-21)5-11-6-14(20)17(23)16(7-11)25-2/h3-8,23H,1-2H3,(H,22,24)/b12-5+. The van der Waals surface area contributed by atoms with Gasteiger partial charge in [-0.15, -0.1) is 0 Å². The van der Waals surface area contributed by atoms with Gasteiger partial charge in [0.2, 0.25) is 0 Å². The molecule has 2 aromatic carbocycles. The lowest BCUT2D eigenvalue weighted by atomic mass is 10.1. The number of aromatic hydroxyl groups is 1. The number of anilines is 1. The number of phenolic OH excluding ortho intramolecular Hbond substituents is 1. The number of hydrogen-bond donors (Lipinski definition) is 2. The molecule has 0 aliphatic rings. The number of benzene rings is 2. The molecule has 2 N–H and O–H groups in total. The van der Waals surface area contributed by atoms with Crippen LogP contribution in [0.3, 0.4) is 0 Å². The van der Waals surface area contributed by atoms with Crippen LogP contribution in [0.2, 0.25) is 10.0 Å². The smallest absolute Gasteiger partial charge is 0.266 e. The van der Waals surface area contributed by atoms with Crippen LogP contribution in [0.4, 0.5) is 5.69 Å². The summed E-state index contributed by atoms with van der Waals surface area (Å²) in [6.07, 6.45) is 1.35. The minimum Gasteiger partial charge on any atom is -0.503 e. The number of nitrogens with zero attached hydrogens (tertiary/aromatic N) is 1. The minimum atomic E-state index is -0.587. The van der Waals surface area contributed by atoms with Crippen LogP contribution in [-0.4, -0.2) is 18.1 Å². The Bertz CT molecular complexity index is 902. The third-order valence-electron chi connectivity index (χ3n) is 3.39. The Balaban J connectivity index is 2.34. The van der Waals surface area contributed by atoms with E-state index in [1.807, 2.05) is 13.0 Å². The van der Waals surface area contributed by atoms with Crippen molar-refractivity contribution >= 4 is 40.9 Å². The molecular weight excluding hydrogens is 363 g/mol. The van der Waals surface area contributed by atoms with Crippen molar-refractivity contribution in [2.24, 2.45) is 0 Å². The SMILES string of the molecule is COc1cc(/C=C(\C#N)C(=O)Nc2cc(Cl)ccc2C)cc(Cl)c1O. The van der Waals surface area contributed by atoms with Gasteiger partial charge in [0.25, 0.3) is 5.91 Å². The third kappa shape index (κ3) is 4.44. The number of aryl methyl sites for hydroxylation is 1. The van der Waals surface area contributed by atoms with Crippen molar-refractivity contribution in [2.75, 3.05) is 12.4 Å².